The number of aromatic nitrogens is 2. The molecule has 0 unspecified atom stereocenters. The maximum atomic E-state index is 4.37. The lowest BCUT2D eigenvalue weighted by Gasteiger charge is -1.94. The fourth-order valence-corrected chi connectivity index (χ4v) is 1.41. The van der Waals surface area contributed by atoms with Crippen LogP contribution < -0.4 is 0 Å². The minimum atomic E-state index is 0.922. The van der Waals surface area contributed by atoms with Crippen molar-refractivity contribution in [3.8, 4) is 0 Å². The number of halogens is 1. The molecule has 0 aliphatic heterocycles. The molecule has 0 aliphatic rings. The van der Waals surface area contributed by atoms with Crippen molar-refractivity contribution >= 4 is 22.0 Å². The summed E-state index contributed by atoms with van der Waals surface area (Å²) >= 11 is 3.43. The summed E-state index contributed by atoms with van der Waals surface area (Å²) in [7, 11) is 1.96. The molecule has 0 radical (unpaired) electrons. The second-order valence-corrected chi connectivity index (χ2v) is 3.74. The summed E-state index contributed by atoms with van der Waals surface area (Å²) in [5.74, 6) is 0. The molecule has 0 aromatic carbocycles. The summed E-state index contributed by atoms with van der Waals surface area (Å²) in [6, 6.07) is 0. The monoisotopic (exact) mass is 242 g/mol. The Morgan fingerprint density at radius 2 is 2.38 bits per heavy atom. The van der Waals surface area contributed by atoms with Gasteiger partial charge >= 0.3 is 0 Å². The zero-order valence-electron chi connectivity index (χ0n) is 8.34. The SMILES string of the molecule is CCc1nn(C)cc1/C=C(/C)CBr. The molecule has 0 fully saturated rings. The third-order valence-corrected chi connectivity index (χ3v) is 2.77. The van der Waals surface area contributed by atoms with E-state index >= 15 is 0 Å². The van der Waals surface area contributed by atoms with Crippen molar-refractivity contribution in [2.45, 2.75) is 20.3 Å². The van der Waals surface area contributed by atoms with Gasteiger partial charge in [-0.3, -0.25) is 4.68 Å². The van der Waals surface area contributed by atoms with Gasteiger partial charge in [0.2, 0.25) is 0 Å². The van der Waals surface area contributed by atoms with Gasteiger partial charge in [0, 0.05) is 24.1 Å². The highest BCUT2D eigenvalue weighted by Gasteiger charge is 2.02. The number of aryl methyl sites for hydroxylation is 2. The Kier molecular flexibility index (Phi) is 3.72. The highest BCUT2D eigenvalue weighted by atomic mass is 79.9. The van der Waals surface area contributed by atoms with Crippen molar-refractivity contribution in [1.29, 1.82) is 0 Å². The highest BCUT2D eigenvalue weighted by Crippen LogP contribution is 2.12. The standard InChI is InChI=1S/C10H15BrN2/c1-4-10-9(5-8(2)6-11)7-13(3)12-10/h5,7H,4,6H2,1-3H3/b8-5-. The number of hydrogen-bond acceptors (Lipinski definition) is 1. The second-order valence-electron chi connectivity index (χ2n) is 3.18. The fraction of sp³-hybridized carbons (Fsp3) is 0.500. The topological polar surface area (TPSA) is 17.8 Å². The van der Waals surface area contributed by atoms with E-state index < -0.39 is 0 Å². The Hall–Kier alpha value is -0.570. The van der Waals surface area contributed by atoms with Crippen LogP contribution in [0.3, 0.4) is 0 Å². The molecule has 1 aromatic heterocycles. The van der Waals surface area contributed by atoms with Crippen LogP contribution in [0.5, 0.6) is 0 Å². The first kappa shape index (κ1) is 10.5. The van der Waals surface area contributed by atoms with Gasteiger partial charge < -0.3 is 0 Å². The predicted molar refractivity (Wildman–Crippen MR) is 60.0 cm³/mol. The summed E-state index contributed by atoms with van der Waals surface area (Å²) in [4.78, 5) is 0. The first-order chi connectivity index (χ1) is 6.17. The lowest BCUT2D eigenvalue weighted by Crippen LogP contribution is -1.89. The van der Waals surface area contributed by atoms with Gasteiger partial charge in [-0.1, -0.05) is 34.5 Å². The Balaban J connectivity index is 2.99. The van der Waals surface area contributed by atoms with Crippen LogP contribution >= 0.6 is 15.9 Å². The van der Waals surface area contributed by atoms with Crippen LogP contribution in [0.4, 0.5) is 0 Å². The Morgan fingerprint density at radius 1 is 1.69 bits per heavy atom. The molecule has 2 nitrogen and oxygen atoms in total. The van der Waals surface area contributed by atoms with E-state index in [4.69, 9.17) is 0 Å². The van der Waals surface area contributed by atoms with Crippen LogP contribution in [0.2, 0.25) is 0 Å². The molecular weight excluding hydrogens is 228 g/mol. The smallest absolute Gasteiger partial charge is 0.0694 e. The first-order valence-electron chi connectivity index (χ1n) is 4.43. The first-order valence-corrected chi connectivity index (χ1v) is 5.55. The van der Waals surface area contributed by atoms with Gasteiger partial charge in [-0.05, 0) is 13.3 Å². The van der Waals surface area contributed by atoms with Crippen molar-refractivity contribution in [3.05, 3.63) is 23.0 Å². The normalized spacial score (nSPS) is 12.2. The number of allylic oxidation sites excluding steroid dienone is 1. The number of rotatable bonds is 3. The lowest BCUT2D eigenvalue weighted by atomic mass is 10.1. The van der Waals surface area contributed by atoms with E-state index in [-0.39, 0.29) is 0 Å². The van der Waals surface area contributed by atoms with E-state index in [2.05, 4.69) is 47.1 Å². The summed E-state index contributed by atoms with van der Waals surface area (Å²) in [5, 5.41) is 5.29. The zero-order chi connectivity index (χ0) is 9.84. The van der Waals surface area contributed by atoms with Gasteiger partial charge in [0.25, 0.3) is 0 Å². The van der Waals surface area contributed by atoms with Crippen molar-refractivity contribution in [2.24, 2.45) is 7.05 Å². The van der Waals surface area contributed by atoms with Gasteiger partial charge in [0.05, 0.1) is 5.69 Å². The maximum absolute atomic E-state index is 4.37. The highest BCUT2D eigenvalue weighted by molar-refractivity contribution is 9.09. The van der Waals surface area contributed by atoms with E-state index in [1.54, 1.807) is 0 Å². The van der Waals surface area contributed by atoms with Crippen LogP contribution in [0.15, 0.2) is 11.8 Å². The number of nitrogens with zero attached hydrogens (tertiary/aromatic N) is 2. The predicted octanol–water partition coefficient (Wildman–Crippen LogP) is 2.78. The molecule has 72 valence electrons. The molecule has 0 N–H and O–H groups in total. The van der Waals surface area contributed by atoms with Crippen molar-refractivity contribution in [1.82, 2.24) is 9.78 Å². The molecule has 1 heterocycles. The van der Waals surface area contributed by atoms with Crippen LogP contribution in [-0.4, -0.2) is 15.1 Å². The van der Waals surface area contributed by atoms with Crippen LogP contribution in [0.25, 0.3) is 6.08 Å². The molecule has 1 rings (SSSR count). The van der Waals surface area contributed by atoms with E-state index in [1.165, 1.54) is 16.8 Å². The molecule has 0 amide bonds. The van der Waals surface area contributed by atoms with Gasteiger partial charge in [-0.15, -0.1) is 0 Å². The fourth-order valence-electron chi connectivity index (χ4n) is 1.25. The minimum absolute atomic E-state index is 0.922. The summed E-state index contributed by atoms with van der Waals surface area (Å²) in [6.07, 6.45) is 5.23. The van der Waals surface area contributed by atoms with Crippen molar-refractivity contribution < 1.29 is 0 Å². The third kappa shape index (κ3) is 2.69. The average molecular weight is 243 g/mol. The van der Waals surface area contributed by atoms with Gasteiger partial charge in [-0.2, -0.15) is 5.10 Å². The molecule has 0 bridgehead atoms. The Morgan fingerprint density at radius 3 is 2.92 bits per heavy atom. The van der Waals surface area contributed by atoms with E-state index in [9.17, 15) is 0 Å². The van der Waals surface area contributed by atoms with Crippen LogP contribution in [0, 0.1) is 0 Å². The van der Waals surface area contributed by atoms with Gasteiger partial charge in [0.1, 0.15) is 0 Å². The molecule has 0 spiro atoms. The molecule has 1 aromatic rings. The quantitative estimate of drug-likeness (QED) is 0.746. The minimum Gasteiger partial charge on any atom is -0.275 e. The molecule has 0 aliphatic carbocycles. The molecule has 13 heavy (non-hydrogen) atoms. The van der Waals surface area contributed by atoms with E-state index in [0.717, 1.165) is 11.8 Å². The second kappa shape index (κ2) is 4.61. The van der Waals surface area contributed by atoms with Crippen molar-refractivity contribution in [2.75, 3.05) is 5.33 Å². The summed E-state index contributed by atoms with van der Waals surface area (Å²) < 4.78 is 1.87. The average Bonchev–Trinajstić information content (AvgIpc) is 2.46. The zero-order valence-corrected chi connectivity index (χ0v) is 9.93. The summed E-state index contributed by atoms with van der Waals surface area (Å²) in [6.45, 7) is 4.24. The van der Waals surface area contributed by atoms with Crippen LogP contribution in [0.1, 0.15) is 25.1 Å². The Bertz CT molecular complexity index is 313. The molecule has 0 saturated heterocycles. The largest absolute Gasteiger partial charge is 0.275 e. The van der Waals surface area contributed by atoms with E-state index in [0.29, 0.717) is 0 Å². The maximum Gasteiger partial charge on any atom is 0.0694 e. The van der Waals surface area contributed by atoms with Crippen molar-refractivity contribution in [3.63, 3.8) is 0 Å². The van der Waals surface area contributed by atoms with Crippen LogP contribution in [-0.2, 0) is 13.5 Å². The molecule has 0 atom stereocenters. The number of hydrogen-bond donors (Lipinski definition) is 0. The van der Waals surface area contributed by atoms with Gasteiger partial charge in [0.15, 0.2) is 0 Å². The van der Waals surface area contributed by atoms with Gasteiger partial charge in [-0.25, -0.2) is 0 Å². The molecule has 3 heteroatoms. The number of alkyl halides is 1. The third-order valence-electron chi connectivity index (χ3n) is 1.89. The molecular formula is C10H15BrN2. The molecule has 0 saturated carbocycles. The lowest BCUT2D eigenvalue weighted by molar-refractivity contribution is 0.746. The Labute approximate surface area is 87.8 Å². The summed E-state index contributed by atoms with van der Waals surface area (Å²) in [5.41, 5.74) is 3.73. The van der Waals surface area contributed by atoms with E-state index in [1.807, 2.05) is 11.7 Å².